The molecule has 3 aromatic carbocycles. The Morgan fingerprint density at radius 1 is 0.964 bits per heavy atom. The number of benzene rings is 3. The Bertz CT molecular complexity index is 1200. The zero-order chi connectivity index (χ0) is 19.5. The Hall–Kier alpha value is -3.15. The minimum Gasteiger partial charge on any atom is -0.272 e. The third-order valence-electron chi connectivity index (χ3n) is 4.19. The Morgan fingerprint density at radius 3 is 2.61 bits per heavy atom. The monoisotopic (exact) mass is 408 g/mol. The maximum Gasteiger partial charge on any atom is 0.289 e. The van der Waals surface area contributed by atoms with Gasteiger partial charge in [0, 0.05) is 5.56 Å². The molecule has 0 spiro atoms. The summed E-state index contributed by atoms with van der Waals surface area (Å²) in [6.07, 6.45) is 1.49. The van der Waals surface area contributed by atoms with Crippen molar-refractivity contribution in [2.75, 3.05) is 0 Å². The van der Waals surface area contributed by atoms with Crippen LogP contribution in [0.25, 0.3) is 22.0 Å². The molecular weight excluding hydrogens is 395 g/mol. The number of hydrogen-bond acceptors (Lipinski definition) is 3. The van der Waals surface area contributed by atoms with Crippen molar-refractivity contribution in [1.29, 1.82) is 0 Å². The lowest BCUT2D eigenvalue weighted by Gasteiger charge is -2.00. The maximum absolute atomic E-state index is 12.3. The molecule has 0 fully saturated rings. The zero-order valence-corrected chi connectivity index (χ0v) is 16.0. The standard InChI is InChI=1S/C21H14Cl2N4O/c22-17-8-5-13(9-18(17)23)12-24-27-21(28)20-11-19(25-26-20)16-7-6-14-3-1-2-4-15(14)10-16/h1-12H,(H,25,26)(H,27,28). The van der Waals surface area contributed by atoms with Gasteiger partial charge in [-0.15, -0.1) is 0 Å². The van der Waals surface area contributed by atoms with Crippen molar-refractivity contribution >= 4 is 46.1 Å². The molecule has 2 N–H and O–H groups in total. The molecule has 4 aromatic rings. The SMILES string of the molecule is O=C(NN=Cc1ccc(Cl)c(Cl)c1)c1cc(-c2ccc3ccccc3c2)n[nH]1. The van der Waals surface area contributed by atoms with Gasteiger partial charge in [-0.2, -0.15) is 10.2 Å². The average Bonchev–Trinajstić information content (AvgIpc) is 3.20. The van der Waals surface area contributed by atoms with Crippen LogP contribution in [0.5, 0.6) is 0 Å². The number of hydrazone groups is 1. The Labute approximate surface area is 171 Å². The summed E-state index contributed by atoms with van der Waals surface area (Å²) in [6.45, 7) is 0. The molecule has 7 heteroatoms. The summed E-state index contributed by atoms with van der Waals surface area (Å²) in [5.41, 5.74) is 5.10. The number of fused-ring (bicyclic) bond motifs is 1. The van der Waals surface area contributed by atoms with E-state index in [1.54, 1.807) is 24.3 Å². The van der Waals surface area contributed by atoms with Gasteiger partial charge in [-0.25, -0.2) is 5.43 Å². The van der Waals surface area contributed by atoms with Crippen molar-refractivity contribution in [2.24, 2.45) is 5.10 Å². The molecule has 0 saturated heterocycles. The van der Waals surface area contributed by atoms with Gasteiger partial charge in [0.1, 0.15) is 5.69 Å². The first-order chi connectivity index (χ1) is 13.6. The molecule has 0 aliphatic carbocycles. The van der Waals surface area contributed by atoms with Crippen molar-refractivity contribution in [2.45, 2.75) is 0 Å². The number of nitrogens with zero attached hydrogens (tertiary/aromatic N) is 2. The first-order valence-electron chi connectivity index (χ1n) is 8.43. The third-order valence-corrected chi connectivity index (χ3v) is 4.93. The summed E-state index contributed by atoms with van der Waals surface area (Å²) in [6, 6.07) is 20.9. The molecule has 0 aliphatic heterocycles. The van der Waals surface area contributed by atoms with Crippen LogP contribution >= 0.6 is 23.2 Å². The normalized spacial score (nSPS) is 11.2. The summed E-state index contributed by atoms with van der Waals surface area (Å²) >= 11 is 11.8. The first-order valence-corrected chi connectivity index (χ1v) is 9.19. The second-order valence-electron chi connectivity index (χ2n) is 6.10. The summed E-state index contributed by atoms with van der Waals surface area (Å²) in [5, 5.41) is 14.1. The van der Waals surface area contributed by atoms with Gasteiger partial charge in [0.2, 0.25) is 0 Å². The molecule has 4 rings (SSSR count). The van der Waals surface area contributed by atoms with Crippen molar-refractivity contribution in [1.82, 2.24) is 15.6 Å². The maximum atomic E-state index is 12.3. The average molecular weight is 409 g/mol. The number of aromatic nitrogens is 2. The molecule has 1 aromatic heterocycles. The molecule has 1 heterocycles. The van der Waals surface area contributed by atoms with Crippen LogP contribution in [0.4, 0.5) is 0 Å². The molecule has 0 unspecified atom stereocenters. The fourth-order valence-corrected chi connectivity index (χ4v) is 3.06. The van der Waals surface area contributed by atoms with E-state index < -0.39 is 5.91 Å². The van der Waals surface area contributed by atoms with Crippen LogP contribution in [0.2, 0.25) is 10.0 Å². The van der Waals surface area contributed by atoms with E-state index >= 15 is 0 Å². The van der Waals surface area contributed by atoms with E-state index in [4.69, 9.17) is 23.2 Å². The van der Waals surface area contributed by atoms with Gasteiger partial charge in [0.05, 0.1) is 22.0 Å². The van der Waals surface area contributed by atoms with E-state index in [2.05, 4.69) is 26.8 Å². The van der Waals surface area contributed by atoms with Crippen LogP contribution in [0.15, 0.2) is 71.8 Å². The van der Waals surface area contributed by atoms with Gasteiger partial charge >= 0.3 is 0 Å². The lowest BCUT2D eigenvalue weighted by Crippen LogP contribution is -2.18. The number of amides is 1. The number of H-pyrrole nitrogens is 1. The summed E-state index contributed by atoms with van der Waals surface area (Å²) < 4.78 is 0. The molecular formula is C21H14Cl2N4O. The lowest BCUT2D eigenvalue weighted by atomic mass is 10.1. The van der Waals surface area contributed by atoms with Gasteiger partial charge in [-0.1, -0.05) is 65.7 Å². The highest BCUT2D eigenvalue weighted by atomic mass is 35.5. The first kappa shape index (κ1) is 18.2. The van der Waals surface area contributed by atoms with Crippen molar-refractivity contribution in [3.05, 3.63) is 88.0 Å². The molecule has 0 bridgehead atoms. The van der Waals surface area contributed by atoms with E-state index in [0.29, 0.717) is 21.4 Å². The molecule has 0 saturated carbocycles. The quantitative estimate of drug-likeness (QED) is 0.355. The predicted molar refractivity (Wildman–Crippen MR) is 113 cm³/mol. The van der Waals surface area contributed by atoms with Gasteiger partial charge in [0.25, 0.3) is 5.91 Å². The third kappa shape index (κ3) is 3.91. The Morgan fingerprint density at radius 2 is 1.79 bits per heavy atom. The van der Waals surface area contributed by atoms with E-state index in [1.165, 1.54) is 6.21 Å². The van der Waals surface area contributed by atoms with Crippen LogP contribution in [0.3, 0.4) is 0 Å². The van der Waals surface area contributed by atoms with Gasteiger partial charge in [0.15, 0.2) is 0 Å². The predicted octanol–water partition coefficient (Wildman–Crippen LogP) is 5.30. The fourth-order valence-electron chi connectivity index (χ4n) is 2.75. The molecule has 5 nitrogen and oxygen atoms in total. The van der Waals surface area contributed by atoms with Crippen LogP contribution in [-0.2, 0) is 0 Å². The van der Waals surface area contributed by atoms with Crippen LogP contribution < -0.4 is 5.43 Å². The van der Waals surface area contributed by atoms with E-state index in [0.717, 1.165) is 21.9 Å². The van der Waals surface area contributed by atoms with E-state index in [-0.39, 0.29) is 0 Å². The Balaban J connectivity index is 1.47. The fraction of sp³-hybridized carbons (Fsp3) is 0. The molecule has 1 amide bonds. The second kappa shape index (κ2) is 7.84. The van der Waals surface area contributed by atoms with Gasteiger partial charge < -0.3 is 0 Å². The minimum absolute atomic E-state index is 0.314. The molecule has 0 aliphatic rings. The highest BCUT2D eigenvalue weighted by molar-refractivity contribution is 6.42. The molecule has 0 radical (unpaired) electrons. The van der Waals surface area contributed by atoms with Crippen molar-refractivity contribution in [3.63, 3.8) is 0 Å². The van der Waals surface area contributed by atoms with Crippen molar-refractivity contribution in [3.8, 4) is 11.3 Å². The smallest absolute Gasteiger partial charge is 0.272 e. The largest absolute Gasteiger partial charge is 0.289 e. The van der Waals surface area contributed by atoms with Crippen LogP contribution in [-0.4, -0.2) is 22.3 Å². The second-order valence-corrected chi connectivity index (χ2v) is 6.92. The van der Waals surface area contributed by atoms with Crippen LogP contribution in [0, 0.1) is 0 Å². The zero-order valence-electron chi connectivity index (χ0n) is 14.5. The van der Waals surface area contributed by atoms with Gasteiger partial charge in [-0.3, -0.25) is 9.89 Å². The van der Waals surface area contributed by atoms with Crippen molar-refractivity contribution < 1.29 is 4.79 Å². The number of hydrogen-bond donors (Lipinski definition) is 2. The Kier molecular flexibility index (Phi) is 5.10. The number of halogens is 2. The number of carbonyl (C=O) groups excluding carboxylic acids is 1. The number of rotatable bonds is 4. The topological polar surface area (TPSA) is 70.1 Å². The summed E-state index contributed by atoms with van der Waals surface area (Å²) in [4.78, 5) is 12.3. The molecule has 28 heavy (non-hydrogen) atoms. The molecule has 138 valence electrons. The summed E-state index contributed by atoms with van der Waals surface area (Å²) in [7, 11) is 0. The lowest BCUT2D eigenvalue weighted by molar-refractivity contribution is 0.0950. The van der Waals surface area contributed by atoms with Crippen LogP contribution in [0.1, 0.15) is 16.1 Å². The molecule has 0 atom stereocenters. The van der Waals surface area contributed by atoms with E-state index in [1.807, 2.05) is 36.4 Å². The minimum atomic E-state index is -0.393. The number of carbonyl (C=O) groups is 1. The highest BCUT2D eigenvalue weighted by Gasteiger charge is 2.10. The number of nitrogens with one attached hydrogen (secondary N) is 2. The van der Waals surface area contributed by atoms with Gasteiger partial charge in [-0.05, 0) is 40.6 Å². The summed E-state index contributed by atoms with van der Waals surface area (Å²) in [5.74, 6) is -0.393. The highest BCUT2D eigenvalue weighted by Crippen LogP contribution is 2.24. The number of aromatic amines is 1. The van der Waals surface area contributed by atoms with E-state index in [9.17, 15) is 4.79 Å².